The topological polar surface area (TPSA) is 6.48 Å². The molecule has 0 aromatic heterocycles. The average Bonchev–Trinajstić information content (AvgIpc) is 3.43. The maximum atomic E-state index is 2.43. The van der Waals surface area contributed by atoms with Gasteiger partial charge in [0.2, 0.25) is 0 Å². The lowest BCUT2D eigenvalue weighted by atomic mass is 9.94. The van der Waals surface area contributed by atoms with Crippen LogP contribution in [0.4, 0.5) is 34.1 Å². The summed E-state index contributed by atoms with van der Waals surface area (Å²) in [6, 6.07) is 105. The first-order valence-corrected chi connectivity index (χ1v) is 23.2. The summed E-state index contributed by atoms with van der Waals surface area (Å²) in [6.07, 6.45) is 0. The van der Waals surface area contributed by atoms with Gasteiger partial charge < -0.3 is 9.80 Å². The molecular weight excluding hydrogens is 821 g/mol. The van der Waals surface area contributed by atoms with Crippen molar-refractivity contribution in [3.8, 4) is 66.8 Å². The van der Waals surface area contributed by atoms with Gasteiger partial charge in [0.25, 0.3) is 0 Å². The molecule has 2 heteroatoms. The molecule has 0 radical (unpaired) electrons. The van der Waals surface area contributed by atoms with Crippen LogP contribution in [0.1, 0.15) is 0 Å². The maximum Gasteiger partial charge on any atom is 0.0618 e. The van der Waals surface area contributed by atoms with E-state index in [1.165, 1.54) is 33.4 Å². The Morgan fingerprint density at radius 2 is 0.353 bits per heavy atom. The van der Waals surface area contributed by atoms with Crippen molar-refractivity contribution in [3.05, 3.63) is 291 Å². The molecule has 68 heavy (non-hydrogen) atoms. The summed E-state index contributed by atoms with van der Waals surface area (Å²) in [6.45, 7) is 0. The van der Waals surface area contributed by atoms with Crippen molar-refractivity contribution in [2.75, 3.05) is 9.80 Å². The zero-order valence-corrected chi connectivity index (χ0v) is 37.6. The fourth-order valence-corrected chi connectivity index (χ4v) is 9.25. The van der Waals surface area contributed by atoms with Gasteiger partial charge in [-0.1, -0.05) is 231 Å². The van der Waals surface area contributed by atoms with E-state index < -0.39 is 0 Å². The van der Waals surface area contributed by atoms with Crippen LogP contribution in [-0.4, -0.2) is 0 Å². The van der Waals surface area contributed by atoms with E-state index in [0.29, 0.717) is 0 Å². The highest BCUT2D eigenvalue weighted by molar-refractivity contribution is 5.98. The fraction of sp³-hybridized carbons (Fsp3) is 0. The predicted molar refractivity (Wildman–Crippen MR) is 288 cm³/mol. The molecular formula is C66H48N2. The molecule has 0 atom stereocenters. The normalized spacial score (nSPS) is 10.9. The molecule has 11 aromatic rings. The van der Waals surface area contributed by atoms with Crippen LogP contribution < -0.4 is 9.80 Å². The van der Waals surface area contributed by atoms with E-state index in [4.69, 9.17) is 0 Å². The monoisotopic (exact) mass is 868 g/mol. The summed E-state index contributed by atoms with van der Waals surface area (Å²) in [5.74, 6) is 0. The van der Waals surface area contributed by atoms with E-state index in [0.717, 1.165) is 67.5 Å². The standard InChI is InChI=1S/C66H48N2/c1-6-17-49(18-7-1)52-29-39-59(40-30-52)67(60-41-31-53(32-42-60)50-19-8-2-9-20-50)61-43-33-55(34-44-61)56-37-47-63(48-38-56)68(62-45-35-54(36-46-62)51-21-10-3-11-22-51)66-64(57-23-12-4-13-24-57)27-16-28-65(66)58-25-14-5-15-26-58/h1-48H. The summed E-state index contributed by atoms with van der Waals surface area (Å²) >= 11 is 0. The van der Waals surface area contributed by atoms with E-state index in [2.05, 4.69) is 301 Å². The Hall–Kier alpha value is -8.98. The summed E-state index contributed by atoms with van der Waals surface area (Å²) in [5, 5.41) is 0. The number of hydrogen-bond acceptors (Lipinski definition) is 2. The van der Waals surface area contributed by atoms with Crippen LogP contribution in [0.25, 0.3) is 66.8 Å². The second kappa shape index (κ2) is 19.2. The second-order valence-corrected chi connectivity index (χ2v) is 16.9. The first-order chi connectivity index (χ1) is 33.7. The highest BCUT2D eigenvalue weighted by Gasteiger charge is 2.22. The largest absolute Gasteiger partial charge is 0.311 e. The van der Waals surface area contributed by atoms with Crippen LogP contribution in [0, 0.1) is 0 Å². The lowest BCUT2D eigenvalue weighted by Gasteiger charge is -2.30. The molecule has 0 fully saturated rings. The molecule has 0 aliphatic rings. The molecule has 0 saturated carbocycles. The van der Waals surface area contributed by atoms with Crippen molar-refractivity contribution in [1.82, 2.24) is 0 Å². The molecule has 11 aromatic carbocycles. The summed E-state index contributed by atoms with van der Waals surface area (Å²) in [5.41, 5.74) is 20.6. The third-order valence-electron chi connectivity index (χ3n) is 12.7. The minimum atomic E-state index is 1.07. The Bertz CT molecular complexity index is 3210. The molecule has 0 heterocycles. The number of hydrogen-bond donors (Lipinski definition) is 0. The molecule has 2 nitrogen and oxygen atoms in total. The number of nitrogens with zero attached hydrogens (tertiary/aromatic N) is 2. The van der Waals surface area contributed by atoms with Gasteiger partial charge >= 0.3 is 0 Å². The summed E-state index contributed by atoms with van der Waals surface area (Å²) in [4.78, 5) is 4.77. The van der Waals surface area contributed by atoms with Gasteiger partial charge in [-0.05, 0) is 116 Å². The van der Waals surface area contributed by atoms with Crippen molar-refractivity contribution in [2.45, 2.75) is 0 Å². The van der Waals surface area contributed by atoms with Crippen LogP contribution in [0.15, 0.2) is 291 Å². The van der Waals surface area contributed by atoms with E-state index >= 15 is 0 Å². The quantitative estimate of drug-likeness (QED) is 0.121. The Labute approximate surface area is 400 Å². The van der Waals surface area contributed by atoms with Crippen molar-refractivity contribution in [1.29, 1.82) is 0 Å². The zero-order valence-electron chi connectivity index (χ0n) is 37.6. The van der Waals surface area contributed by atoms with Crippen LogP contribution in [0.3, 0.4) is 0 Å². The Kier molecular flexibility index (Phi) is 11.8. The highest BCUT2D eigenvalue weighted by Crippen LogP contribution is 2.47. The highest BCUT2D eigenvalue weighted by atomic mass is 15.2. The Balaban J connectivity index is 0.972. The van der Waals surface area contributed by atoms with E-state index in [1.54, 1.807) is 0 Å². The predicted octanol–water partition coefficient (Wildman–Crippen LogP) is 18.6. The molecule has 11 rings (SSSR count). The van der Waals surface area contributed by atoms with Gasteiger partial charge in [-0.2, -0.15) is 0 Å². The molecule has 0 spiro atoms. The van der Waals surface area contributed by atoms with Gasteiger partial charge in [0.1, 0.15) is 0 Å². The summed E-state index contributed by atoms with van der Waals surface area (Å²) < 4.78 is 0. The van der Waals surface area contributed by atoms with Gasteiger partial charge in [-0.15, -0.1) is 0 Å². The van der Waals surface area contributed by atoms with Gasteiger partial charge in [0.05, 0.1) is 5.69 Å². The summed E-state index contributed by atoms with van der Waals surface area (Å²) in [7, 11) is 0. The van der Waals surface area contributed by atoms with Crippen molar-refractivity contribution in [2.24, 2.45) is 0 Å². The van der Waals surface area contributed by atoms with E-state index in [-0.39, 0.29) is 0 Å². The minimum Gasteiger partial charge on any atom is -0.311 e. The lowest BCUT2D eigenvalue weighted by molar-refractivity contribution is 1.28. The number of para-hydroxylation sites is 1. The smallest absolute Gasteiger partial charge is 0.0618 e. The average molecular weight is 869 g/mol. The molecule has 0 N–H and O–H groups in total. The van der Waals surface area contributed by atoms with Crippen molar-refractivity contribution in [3.63, 3.8) is 0 Å². The second-order valence-electron chi connectivity index (χ2n) is 16.9. The van der Waals surface area contributed by atoms with Crippen LogP contribution >= 0.6 is 0 Å². The third-order valence-corrected chi connectivity index (χ3v) is 12.7. The number of anilines is 6. The number of benzene rings is 11. The lowest BCUT2D eigenvalue weighted by Crippen LogP contribution is -2.12. The molecule has 0 bridgehead atoms. The van der Waals surface area contributed by atoms with Crippen molar-refractivity contribution >= 4 is 34.1 Å². The first-order valence-electron chi connectivity index (χ1n) is 23.2. The van der Waals surface area contributed by atoms with Gasteiger partial charge in [0.15, 0.2) is 0 Å². The molecule has 0 aliphatic carbocycles. The molecule has 0 aliphatic heterocycles. The number of rotatable bonds is 12. The molecule has 0 saturated heterocycles. The molecule has 322 valence electrons. The first kappa shape index (κ1) is 41.7. The Morgan fingerprint density at radius 3 is 0.603 bits per heavy atom. The van der Waals surface area contributed by atoms with Crippen LogP contribution in [0.5, 0.6) is 0 Å². The molecule has 0 unspecified atom stereocenters. The van der Waals surface area contributed by atoms with Crippen LogP contribution in [-0.2, 0) is 0 Å². The third kappa shape index (κ3) is 8.75. The molecule has 0 amide bonds. The SMILES string of the molecule is c1ccc(-c2ccc(N(c3ccc(-c4ccccc4)cc3)c3ccc(-c4ccc(N(c5ccc(-c6ccccc6)cc5)c5c(-c6ccccc6)cccc5-c5ccccc5)cc4)cc3)cc2)cc1. The zero-order chi connectivity index (χ0) is 45.5. The minimum absolute atomic E-state index is 1.07. The maximum absolute atomic E-state index is 2.43. The van der Waals surface area contributed by atoms with Gasteiger partial charge in [0, 0.05) is 39.6 Å². The fourth-order valence-electron chi connectivity index (χ4n) is 9.25. The van der Waals surface area contributed by atoms with Gasteiger partial charge in [-0.25, -0.2) is 0 Å². The van der Waals surface area contributed by atoms with Crippen LogP contribution in [0.2, 0.25) is 0 Å². The van der Waals surface area contributed by atoms with E-state index in [1.807, 2.05) is 0 Å². The van der Waals surface area contributed by atoms with Crippen molar-refractivity contribution < 1.29 is 0 Å². The van der Waals surface area contributed by atoms with Gasteiger partial charge in [-0.3, -0.25) is 0 Å². The van der Waals surface area contributed by atoms with E-state index in [9.17, 15) is 0 Å². The Morgan fingerprint density at radius 1 is 0.147 bits per heavy atom.